The van der Waals surface area contributed by atoms with Crippen LogP contribution in [0.2, 0.25) is 0 Å². The maximum atomic E-state index is 12.6. The zero-order valence-electron chi connectivity index (χ0n) is 17.0. The standard InChI is InChI=1S/C23H23N3O4/c1-3-29-18-10-8-17(9-11-18)26-13-16(12-22(26)27)23(28)30-14-21-15(2)24-19-6-4-5-7-20(19)25-21/h4-11,16H,3,12-14H2,1-2H3/t16-/m1/s1. The summed E-state index contributed by atoms with van der Waals surface area (Å²) in [6, 6.07) is 14.8. The fourth-order valence-electron chi connectivity index (χ4n) is 3.52. The van der Waals surface area contributed by atoms with Gasteiger partial charge in [0.25, 0.3) is 0 Å². The molecule has 30 heavy (non-hydrogen) atoms. The van der Waals surface area contributed by atoms with E-state index < -0.39 is 11.9 Å². The molecule has 7 heteroatoms. The van der Waals surface area contributed by atoms with Crippen LogP contribution in [0, 0.1) is 12.8 Å². The number of carbonyl (C=O) groups is 2. The van der Waals surface area contributed by atoms with Gasteiger partial charge >= 0.3 is 5.97 Å². The number of para-hydroxylation sites is 2. The van der Waals surface area contributed by atoms with Gasteiger partial charge < -0.3 is 14.4 Å². The number of hydrogen-bond donors (Lipinski definition) is 0. The van der Waals surface area contributed by atoms with Crippen LogP contribution in [0.15, 0.2) is 48.5 Å². The molecule has 2 aromatic carbocycles. The first-order chi connectivity index (χ1) is 14.5. The van der Waals surface area contributed by atoms with Crippen LogP contribution >= 0.6 is 0 Å². The van der Waals surface area contributed by atoms with Gasteiger partial charge in [0.15, 0.2) is 0 Å². The molecule has 0 bridgehead atoms. The highest BCUT2D eigenvalue weighted by Gasteiger charge is 2.36. The minimum atomic E-state index is -0.502. The molecule has 4 rings (SSSR count). The van der Waals surface area contributed by atoms with Crippen LogP contribution in [-0.2, 0) is 20.9 Å². The maximum absolute atomic E-state index is 12.6. The number of benzene rings is 2. The molecule has 3 aromatic rings. The number of carbonyl (C=O) groups excluding carboxylic acids is 2. The fraction of sp³-hybridized carbons (Fsp3) is 0.304. The molecule has 1 aliphatic rings. The minimum Gasteiger partial charge on any atom is -0.494 e. The molecule has 0 unspecified atom stereocenters. The van der Waals surface area contributed by atoms with Crippen LogP contribution in [0.25, 0.3) is 11.0 Å². The van der Waals surface area contributed by atoms with Gasteiger partial charge in [-0.25, -0.2) is 9.97 Å². The highest BCUT2D eigenvalue weighted by Crippen LogP contribution is 2.28. The van der Waals surface area contributed by atoms with Gasteiger partial charge in [-0.2, -0.15) is 0 Å². The van der Waals surface area contributed by atoms with Gasteiger partial charge in [-0.1, -0.05) is 12.1 Å². The number of fused-ring (bicyclic) bond motifs is 1. The SMILES string of the molecule is CCOc1ccc(N2C[C@H](C(=O)OCc3nc4ccccc4nc3C)CC2=O)cc1. The Balaban J connectivity index is 1.40. The van der Waals surface area contributed by atoms with E-state index in [0.717, 1.165) is 28.2 Å². The lowest BCUT2D eigenvalue weighted by Gasteiger charge is -2.17. The Bertz CT molecular complexity index is 1080. The molecule has 1 amide bonds. The Labute approximate surface area is 174 Å². The van der Waals surface area contributed by atoms with E-state index in [2.05, 4.69) is 9.97 Å². The van der Waals surface area contributed by atoms with E-state index >= 15 is 0 Å². The van der Waals surface area contributed by atoms with Crippen LogP contribution in [-0.4, -0.2) is 35.0 Å². The van der Waals surface area contributed by atoms with Gasteiger partial charge in [0, 0.05) is 18.7 Å². The second-order valence-corrected chi connectivity index (χ2v) is 7.18. The van der Waals surface area contributed by atoms with Crippen molar-refractivity contribution in [2.45, 2.75) is 26.9 Å². The first-order valence-electron chi connectivity index (χ1n) is 9.97. The first-order valence-corrected chi connectivity index (χ1v) is 9.97. The monoisotopic (exact) mass is 405 g/mol. The Morgan fingerprint density at radius 3 is 2.50 bits per heavy atom. The third-order valence-corrected chi connectivity index (χ3v) is 5.11. The Morgan fingerprint density at radius 2 is 1.80 bits per heavy atom. The van der Waals surface area contributed by atoms with E-state index in [0.29, 0.717) is 18.8 Å². The molecule has 2 heterocycles. The van der Waals surface area contributed by atoms with Crippen LogP contribution in [0.4, 0.5) is 5.69 Å². The van der Waals surface area contributed by atoms with Crippen molar-refractivity contribution in [2.24, 2.45) is 5.92 Å². The van der Waals surface area contributed by atoms with Crippen molar-refractivity contribution in [3.05, 3.63) is 59.9 Å². The lowest BCUT2D eigenvalue weighted by molar-refractivity contribution is -0.149. The average Bonchev–Trinajstić information content (AvgIpc) is 3.14. The van der Waals surface area contributed by atoms with Crippen molar-refractivity contribution >= 4 is 28.6 Å². The summed E-state index contributed by atoms with van der Waals surface area (Å²) in [5.41, 5.74) is 3.65. The number of nitrogens with zero attached hydrogens (tertiary/aromatic N) is 3. The van der Waals surface area contributed by atoms with Crippen molar-refractivity contribution in [3.8, 4) is 5.75 Å². The van der Waals surface area contributed by atoms with E-state index in [-0.39, 0.29) is 18.9 Å². The highest BCUT2D eigenvalue weighted by molar-refractivity contribution is 5.99. The molecule has 0 aliphatic carbocycles. The van der Waals surface area contributed by atoms with Crippen molar-refractivity contribution < 1.29 is 19.1 Å². The normalized spacial score (nSPS) is 16.1. The van der Waals surface area contributed by atoms with Crippen molar-refractivity contribution in [3.63, 3.8) is 0 Å². The predicted octanol–water partition coefficient (Wildman–Crippen LogP) is 3.43. The molecule has 1 aromatic heterocycles. The zero-order valence-corrected chi connectivity index (χ0v) is 17.0. The van der Waals surface area contributed by atoms with Crippen LogP contribution in [0.5, 0.6) is 5.75 Å². The number of ether oxygens (including phenoxy) is 2. The Kier molecular flexibility index (Phi) is 5.61. The van der Waals surface area contributed by atoms with Crippen molar-refractivity contribution in [1.82, 2.24) is 9.97 Å². The molecule has 1 fully saturated rings. The molecule has 0 saturated carbocycles. The molecule has 0 spiro atoms. The Morgan fingerprint density at radius 1 is 1.10 bits per heavy atom. The smallest absolute Gasteiger partial charge is 0.311 e. The number of aromatic nitrogens is 2. The quantitative estimate of drug-likeness (QED) is 0.585. The molecule has 154 valence electrons. The molecule has 1 atom stereocenters. The van der Waals surface area contributed by atoms with E-state index in [9.17, 15) is 9.59 Å². The number of esters is 1. The third-order valence-electron chi connectivity index (χ3n) is 5.11. The molecular formula is C23H23N3O4. The van der Waals surface area contributed by atoms with Crippen molar-refractivity contribution in [2.75, 3.05) is 18.1 Å². The van der Waals surface area contributed by atoms with E-state index in [1.165, 1.54) is 0 Å². The summed E-state index contributed by atoms with van der Waals surface area (Å²) in [7, 11) is 0. The predicted molar refractivity (Wildman–Crippen MR) is 112 cm³/mol. The minimum absolute atomic E-state index is 0.0379. The molecule has 7 nitrogen and oxygen atoms in total. The number of anilines is 1. The largest absolute Gasteiger partial charge is 0.494 e. The lowest BCUT2D eigenvalue weighted by atomic mass is 10.1. The average molecular weight is 405 g/mol. The zero-order chi connectivity index (χ0) is 21.1. The highest BCUT2D eigenvalue weighted by atomic mass is 16.5. The van der Waals surface area contributed by atoms with E-state index in [1.54, 1.807) is 4.90 Å². The van der Waals surface area contributed by atoms with Gasteiger partial charge in [-0.15, -0.1) is 0 Å². The van der Waals surface area contributed by atoms with Crippen LogP contribution in [0.3, 0.4) is 0 Å². The van der Waals surface area contributed by atoms with Crippen molar-refractivity contribution in [1.29, 1.82) is 0 Å². The molecular weight excluding hydrogens is 382 g/mol. The molecule has 0 N–H and O–H groups in total. The van der Waals surface area contributed by atoms with Crippen LogP contribution in [0.1, 0.15) is 24.7 Å². The molecule has 1 aliphatic heterocycles. The summed E-state index contributed by atoms with van der Waals surface area (Å²) in [5, 5.41) is 0. The number of amides is 1. The molecule has 1 saturated heterocycles. The maximum Gasteiger partial charge on any atom is 0.311 e. The summed E-state index contributed by atoms with van der Waals surface area (Å²) in [5.74, 6) is -0.248. The second kappa shape index (κ2) is 8.49. The molecule has 0 radical (unpaired) electrons. The topological polar surface area (TPSA) is 81.6 Å². The summed E-state index contributed by atoms with van der Waals surface area (Å²) >= 11 is 0. The summed E-state index contributed by atoms with van der Waals surface area (Å²) in [4.78, 5) is 35.7. The summed E-state index contributed by atoms with van der Waals surface area (Å²) in [6.45, 7) is 4.68. The third kappa shape index (κ3) is 4.10. The second-order valence-electron chi connectivity index (χ2n) is 7.18. The van der Waals surface area contributed by atoms with Gasteiger partial charge in [-0.05, 0) is 50.2 Å². The van der Waals surface area contributed by atoms with E-state index in [4.69, 9.17) is 9.47 Å². The van der Waals surface area contributed by atoms with Gasteiger partial charge in [-0.3, -0.25) is 9.59 Å². The Hall–Kier alpha value is -3.48. The summed E-state index contributed by atoms with van der Waals surface area (Å²) < 4.78 is 10.9. The van der Waals surface area contributed by atoms with Gasteiger partial charge in [0.1, 0.15) is 12.4 Å². The fourth-order valence-corrected chi connectivity index (χ4v) is 3.52. The number of hydrogen-bond acceptors (Lipinski definition) is 6. The lowest BCUT2D eigenvalue weighted by Crippen LogP contribution is -2.26. The first kappa shape index (κ1) is 19.8. The van der Waals surface area contributed by atoms with Crippen LogP contribution < -0.4 is 9.64 Å². The van der Waals surface area contributed by atoms with E-state index in [1.807, 2.05) is 62.4 Å². The number of rotatable bonds is 6. The van der Waals surface area contributed by atoms with Gasteiger partial charge in [0.05, 0.1) is 34.9 Å². The number of aryl methyl sites for hydroxylation is 1. The summed E-state index contributed by atoms with van der Waals surface area (Å²) in [6.07, 6.45) is 0.133. The van der Waals surface area contributed by atoms with Gasteiger partial charge in [0.2, 0.25) is 5.91 Å².